The number of halogens is 1. The first-order valence-corrected chi connectivity index (χ1v) is 9.33. The number of hydrogen-bond donors (Lipinski definition) is 0. The van der Waals surface area contributed by atoms with E-state index in [1.165, 1.54) is 17.8 Å². The monoisotopic (exact) mass is 404 g/mol. The van der Waals surface area contributed by atoms with Crippen LogP contribution in [0.4, 0.5) is 0 Å². The predicted molar refractivity (Wildman–Crippen MR) is 102 cm³/mol. The summed E-state index contributed by atoms with van der Waals surface area (Å²) in [4.78, 5) is 31.0. The highest BCUT2D eigenvalue weighted by atomic mass is 79.9. The van der Waals surface area contributed by atoms with E-state index in [0.29, 0.717) is 5.39 Å². The Hall–Kier alpha value is -1.79. The molecule has 0 N–H and O–H groups in total. The van der Waals surface area contributed by atoms with Crippen LogP contribution in [0.5, 0.6) is 0 Å². The normalized spacial score (nSPS) is 12.5. The standard InChI is InChI=1S/C18H17BrN2O2S/c1-4-14-15(12-5-7-13(19)8-6-12)16-17(24-14)20-9-21(18(16)23)10(2)11(3)22/h5-10H,4H2,1-3H3. The Morgan fingerprint density at radius 1 is 1.33 bits per heavy atom. The van der Waals surface area contributed by atoms with Crippen molar-refractivity contribution in [3.05, 3.63) is 50.3 Å². The molecule has 0 aliphatic carbocycles. The molecule has 3 aromatic rings. The molecular formula is C18H17BrN2O2S. The lowest BCUT2D eigenvalue weighted by molar-refractivity contribution is -0.119. The van der Waals surface area contributed by atoms with Crippen LogP contribution in [0.1, 0.15) is 31.7 Å². The number of fused-ring (bicyclic) bond motifs is 1. The fraction of sp³-hybridized carbons (Fsp3) is 0.278. The SMILES string of the molecule is CCc1sc2ncn(C(C)C(C)=O)c(=O)c2c1-c1ccc(Br)cc1. The second kappa shape index (κ2) is 6.61. The third-order valence-electron chi connectivity index (χ3n) is 4.17. The van der Waals surface area contributed by atoms with E-state index in [1.807, 2.05) is 24.3 Å². The second-order valence-electron chi connectivity index (χ2n) is 5.68. The van der Waals surface area contributed by atoms with Crippen molar-refractivity contribution >= 4 is 43.3 Å². The van der Waals surface area contributed by atoms with Crippen molar-refractivity contribution < 1.29 is 4.79 Å². The zero-order chi connectivity index (χ0) is 17.4. The molecule has 0 radical (unpaired) electrons. The van der Waals surface area contributed by atoms with Gasteiger partial charge in [0, 0.05) is 14.9 Å². The van der Waals surface area contributed by atoms with E-state index >= 15 is 0 Å². The van der Waals surface area contributed by atoms with Crippen LogP contribution in [0.2, 0.25) is 0 Å². The summed E-state index contributed by atoms with van der Waals surface area (Å²) >= 11 is 4.99. The Bertz CT molecular complexity index is 973. The summed E-state index contributed by atoms with van der Waals surface area (Å²) in [6.45, 7) is 5.29. The molecule has 2 heterocycles. The largest absolute Gasteiger partial charge is 0.298 e. The molecule has 0 bridgehead atoms. The maximum absolute atomic E-state index is 13.0. The fourth-order valence-corrected chi connectivity index (χ4v) is 4.05. The number of ketones is 1. The number of benzene rings is 1. The molecule has 6 heteroatoms. The Morgan fingerprint density at radius 2 is 2.00 bits per heavy atom. The number of carbonyl (C=O) groups is 1. The molecule has 0 aliphatic rings. The molecular weight excluding hydrogens is 388 g/mol. The minimum atomic E-state index is -0.517. The highest BCUT2D eigenvalue weighted by Crippen LogP contribution is 2.37. The molecule has 1 aromatic carbocycles. The summed E-state index contributed by atoms with van der Waals surface area (Å²) < 4.78 is 2.42. The summed E-state index contributed by atoms with van der Waals surface area (Å²) in [6, 6.07) is 7.40. The number of nitrogens with zero attached hydrogens (tertiary/aromatic N) is 2. The first-order valence-electron chi connectivity index (χ1n) is 7.73. The molecule has 3 rings (SSSR count). The molecule has 0 saturated heterocycles. The molecule has 4 nitrogen and oxygen atoms in total. The van der Waals surface area contributed by atoms with Crippen molar-refractivity contribution in [2.24, 2.45) is 0 Å². The molecule has 2 aromatic heterocycles. The Morgan fingerprint density at radius 3 is 2.58 bits per heavy atom. The Balaban J connectivity index is 2.34. The molecule has 24 heavy (non-hydrogen) atoms. The van der Waals surface area contributed by atoms with E-state index in [0.717, 1.165) is 31.7 Å². The quantitative estimate of drug-likeness (QED) is 0.638. The summed E-state index contributed by atoms with van der Waals surface area (Å²) in [6.07, 6.45) is 2.31. The topological polar surface area (TPSA) is 52.0 Å². The van der Waals surface area contributed by atoms with Gasteiger partial charge in [0.25, 0.3) is 5.56 Å². The van der Waals surface area contributed by atoms with Gasteiger partial charge >= 0.3 is 0 Å². The van der Waals surface area contributed by atoms with Crippen LogP contribution in [0.3, 0.4) is 0 Å². The van der Waals surface area contributed by atoms with Gasteiger partial charge in [-0.3, -0.25) is 14.2 Å². The first kappa shape index (κ1) is 17.0. The molecule has 0 aliphatic heterocycles. The fourth-order valence-electron chi connectivity index (χ4n) is 2.69. The van der Waals surface area contributed by atoms with Gasteiger partial charge in [0.15, 0.2) is 5.78 Å². The average molecular weight is 405 g/mol. The van der Waals surface area contributed by atoms with E-state index in [2.05, 4.69) is 27.8 Å². The third-order valence-corrected chi connectivity index (χ3v) is 5.94. The number of Topliss-reactive ketones (excluding diaryl/α,β-unsaturated/α-hetero) is 1. The van der Waals surface area contributed by atoms with Crippen molar-refractivity contribution in [1.29, 1.82) is 0 Å². The molecule has 1 unspecified atom stereocenters. The first-order chi connectivity index (χ1) is 11.4. The maximum Gasteiger partial charge on any atom is 0.263 e. The summed E-state index contributed by atoms with van der Waals surface area (Å²) in [5, 5.41) is 0.606. The molecule has 0 fully saturated rings. The molecule has 0 amide bonds. The van der Waals surface area contributed by atoms with E-state index in [4.69, 9.17) is 0 Å². The lowest BCUT2D eigenvalue weighted by atomic mass is 10.0. The number of hydrogen-bond acceptors (Lipinski definition) is 4. The molecule has 124 valence electrons. The Labute approximate surface area is 152 Å². The summed E-state index contributed by atoms with van der Waals surface area (Å²) in [5.41, 5.74) is 1.78. The van der Waals surface area contributed by atoms with Gasteiger partial charge in [-0.2, -0.15) is 0 Å². The highest BCUT2D eigenvalue weighted by Gasteiger charge is 2.20. The number of rotatable bonds is 4. The van der Waals surface area contributed by atoms with E-state index in [9.17, 15) is 9.59 Å². The van der Waals surface area contributed by atoms with Crippen LogP contribution in [0, 0.1) is 0 Å². The lowest BCUT2D eigenvalue weighted by Crippen LogP contribution is -2.27. The van der Waals surface area contributed by atoms with E-state index < -0.39 is 6.04 Å². The van der Waals surface area contributed by atoms with E-state index in [1.54, 1.807) is 18.3 Å². The summed E-state index contributed by atoms with van der Waals surface area (Å²) in [7, 11) is 0. The molecule has 0 spiro atoms. The number of carbonyl (C=O) groups excluding carboxylic acids is 1. The van der Waals surface area contributed by atoms with Gasteiger partial charge < -0.3 is 0 Å². The summed E-state index contributed by atoms with van der Waals surface area (Å²) in [5.74, 6) is -0.0608. The van der Waals surface area contributed by atoms with Crippen molar-refractivity contribution in [1.82, 2.24) is 9.55 Å². The van der Waals surface area contributed by atoms with Gasteiger partial charge in [0.1, 0.15) is 4.83 Å². The van der Waals surface area contributed by atoms with Gasteiger partial charge in [-0.1, -0.05) is 35.0 Å². The van der Waals surface area contributed by atoms with Crippen molar-refractivity contribution in [2.75, 3.05) is 0 Å². The van der Waals surface area contributed by atoms with Gasteiger partial charge in [-0.05, 0) is 38.0 Å². The van der Waals surface area contributed by atoms with Gasteiger partial charge in [0.2, 0.25) is 0 Å². The Kier molecular flexibility index (Phi) is 4.69. The second-order valence-corrected chi connectivity index (χ2v) is 7.68. The number of thiophene rings is 1. The minimum Gasteiger partial charge on any atom is -0.298 e. The molecule has 0 saturated carbocycles. The van der Waals surface area contributed by atoms with Crippen molar-refractivity contribution in [2.45, 2.75) is 33.2 Å². The van der Waals surface area contributed by atoms with Crippen molar-refractivity contribution in [3.63, 3.8) is 0 Å². The number of aromatic nitrogens is 2. The van der Waals surface area contributed by atoms with Gasteiger partial charge in [-0.15, -0.1) is 11.3 Å². The van der Waals surface area contributed by atoms with Gasteiger partial charge in [0.05, 0.1) is 17.8 Å². The van der Waals surface area contributed by atoms with Crippen LogP contribution in [0.25, 0.3) is 21.3 Å². The minimum absolute atomic E-state index is 0.0608. The van der Waals surface area contributed by atoms with Crippen LogP contribution in [-0.4, -0.2) is 15.3 Å². The highest BCUT2D eigenvalue weighted by molar-refractivity contribution is 9.10. The van der Waals surface area contributed by atoms with Crippen molar-refractivity contribution in [3.8, 4) is 11.1 Å². The smallest absolute Gasteiger partial charge is 0.263 e. The maximum atomic E-state index is 13.0. The van der Waals surface area contributed by atoms with Crippen LogP contribution >= 0.6 is 27.3 Å². The van der Waals surface area contributed by atoms with E-state index in [-0.39, 0.29) is 11.3 Å². The predicted octanol–water partition coefficient (Wildman–Crippen LogP) is 4.60. The van der Waals surface area contributed by atoms with Crippen LogP contribution in [-0.2, 0) is 11.2 Å². The zero-order valence-electron chi connectivity index (χ0n) is 13.7. The van der Waals surface area contributed by atoms with Crippen LogP contribution < -0.4 is 5.56 Å². The van der Waals surface area contributed by atoms with Gasteiger partial charge in [-0.25, -0.2) is 4.98 Å². The molecule has 1 atom stereocenters. The lowest BCUT2D eigenvalue weighted by Gasteiger charge is -2.11. The number of aryl methyl sites for hydroxylation is 1. The zero-order valence-corrected chi connectivity index (χ0v) is 16.1. The third kappa shape index (κ3) is 2.84. The average Bonchev–Trinajstić information content (AvgIpc) is 2.94. The van der Waals surface area contributed by atoms with Crippen LogP contribution in [0.15, 0.2) is 39.9 Å².